The molecule has 2 atom stereocenters. The Kier molecular flexibility index (Phi) is 4.64. The Hall–Kier alpha value is -0.513. The highest BCUT2D eigenvalue weighted by molar-refractivity contribution is 6.74. The van der Waals surface area contributed by atoms with E-state index in [1.165, 1.54) is 6.42 Å². The maximum absolute atomic E-state index is 8.61. The van der Waals surface area contributed by atoms with Gasteiger partial charge >= 0.3 is 0 Å². The van der Waals surface area contributed by atoms with Crippen LogP contribution in [0.5, 0.6) is 0 Å². The van der Waals surface area contributed by atoms with Crippen LogP contribution in [0.1, 0.15) is 46.5 Å². The number of hydrogen-bond acceptors (Lipinski definition) is 2. The molecule has 0 amide bonds. The van der Waals surface area contributed by atoms with Crippen LogP contribution in [-0.4, -0.2) is 20.5 Å². The van der Waals surface area contributed by atoms with Gasteiger partial charge in [0.05, 0.1) is 12.1 Å². The fraction of sp³-hybridized carbons (Fsp3) is 1.00. The van der Waals surface area contributed by atoms with Gasteiger partial charge in [-0.2, -0.15) is 0 Å². The predicted octanol–water partition coefficient (Wildman–Crippen LogP) is 4.63. The van der Waals surface area contributed by atoms with E-state index < -0.39 is 8.32 Å². The molecule has 1 saturated carbocycles. The van der Waals surface area contributed by atoms with Crippen molar-refractivity contribution in [1.82, 2.24) is 0 Å². The molecule has 17 heavy (non-hydrogen) atoms. The third-order valence-corrected chi connectivity index (χ3v) is 8.62. The topological polar surface area (TPSA) is 58.0 Å². The van der Waals surface area contributed by atoms with Gasteiger partial charge in [0.15, 0.2) is 8.32 Å². The molecule has 5 heteroatoms. The molecule has 0 unspecified atom stereocenters. The molecule has 1 aliphatic carbocycles. The van der Waals surface area contributed by atoms with Crippen molar-refractivity contribution in [3.05, 3.63) is 10.4 Å². The molecule has 0 radical (unpaired) electrons. The fourth-order valence-electron chi connectivity index (χ4n) is 1.97. The maximum atomic E-state index is 8.61. The minimum atomic E-state index is -1.75. The second kappa shape index (κ2) is 5.42. The van der Waals surface area contributed by atoms with E-state index >= 15 is 0 Å². The molecule has 0 aromatic rings. The Bertz CT molecular complexity index is 305. The second-order valence-electron chi connectivity index (χ2n) is 6.47. The summed E-state index contributed by atoms with van der Waals surface area (Å²) in [5, 5.41) is 4.12. The lowest BCUT2D eigenvalue weighted by Gasteiger charge is -2.42. The van der Waals surface area contributed by atoms with Crippen molar-refractivity contribution >= 4 is 8.32 Å². The summed E-state index contributed by atoms with van der Waals surface area (Å²) >= 11 is 0. The minimum Gasteiger partial charge on any atom is -0.414 e. The first-order chi connectivity index (χ1) is 7.78. The Labute approximate surface area is 105 Å². The number of nitrogens with zero attached hydrogens (tertiary/aromatic N) is 3. The molecule has 0 N–H and O–H groups in total. The van der Waals surface area contributed by atoms with Crippen molar-refractivity contribution < 1.29 is 4.43 Å². The van der Waals surface area contributed by atoms with Gasteiger partial charge in [-0.15, -0.1) is 0 Å². The quantitative estimate of drug-likeness (QED) is 0.314. The zero-order valence-electron chi connectivity index (χ0n) is 11.7. The standard InChI is InChI=1S/C12H25N3OSi/c1-12(2,3)17(4,5)16-11-9-7-6-8-10(11)14-15-13/h10-11H,6-9H2,1-5H3/t10-,11-/m1/s1. The van der Waals surface area contributed by atoms with Crippen molar-refractivity contribution in [3.63, 3.8) is 0 Å². The van der Waals surface area contributed by atoms with Gasteiger partial charge in [0.25, 0.3) is 0 Å². The van der Waals surface area contributed by atoms with Gasteiger partial charge < -0.3 is 4.43 Å². The van der Waals surface area contributed by atoms with Crippen LogP contribution in [0.2, 0.25) is 18.1 Å². The van der Waals surface area contributed by atoms with E-state index in [0.717, 1.165) is 19.3 Å². The van der Waals surface area contributed by atoms with E-state index in [1.54, 1.807) is 0 Å². The first-order valence-corrected chi connectivity index (χ1v) is 9.41. The molecule has 1 fully saturated rings. The molecule has 0 aromatic carbocycles. The van der Waals surface area contributed by atoms with Gasteiger partial charge in [-0.1, -0.05) is 38.7 Å². The molecule has 1 rings (SSSR count). The third-order valence-electron chi connectivity index (χ3n) is 4.12. The van der Waals surface area contributed by atoms with Crippen LogP contribution in [0.3, 0.4) is 0 Å². The summed E-state index contributed by atoms with van der Waals surface area (Å²) in [7, 11) is -1.75. The number of azide groups is 1. The SMILES string of the molecule is CC(C)(C)[Si](C)(C)O[C@@H]1CCCC[C@H]1N=[N+]=[N-]. The van der Waals surface area contributed by atoms with Crippen molar-refractivity contribution in [2.24, 2.45) is 5.11 Å². The van der Waals surface area contributed by atoms with E-state index in [2.05, 4.69) is 43.9 Å². The van der Waals surface area contributed by atoms with E-state index in [4.69, 9.17) is 9.96 Å². The van der Waals surface area contributed by atoms with Gasteiger partial charge in [0.1, 0.15) is 0 Å². The van der Waals surface area contributed by atoms with Gasteiger partial charge in [0.2, 0.25) is 0 Å². The molecular weight excluding hydrogens is 230 g/mol. The smallest absolute Gasteiger partial charge is 0.192 e. The van der Waals surface area contributed by atoms with Crippen LogP contribution in [0, 0.1) is 0 Å². The third kappa shape index (κ3) is 3.73. The predicted molar refractivity (Wildman–Crippen MR) is 73.5 cm³/mol. The van der Waals surface area contributed by atoms with Crippen molar-refractivity contribution in [1.29, 1.82) is 0 Å². The Morgan fingerprint density at radius 3 is 2.35 bits per heavy atom. The van der Waals surface area contributed by atoms with Crippen LogP contribution in [0.15, 0.2) is 5.11 Å². The minimum absolute atomic E-state index is 0.0443. The summed E-state index contributed by atoms with van der Waals surface area (Å²) in [5.41, 5.74) is 8.61. The zero-order chi connectivity index (χ0) is 13.1. The highest BCUT2D eigenvalue weighted by Crippen LogP contribution is 2.39. The molecule has 0 spiro atoms. The second-order valence-corrected chi connectivity index (χ2v) is 11.2. The highest BCUT2D eigenvalue weighted by Gasteiger charge is 2.41. The normalized spacial score (nSPS) is 26.4. The molecule has 0 heterocycles. The average Bonchev–Trinajstić information content (AvgIpc) is 2.19. The Morgan fingerprint density at radius 1 is 1.24 bits per heavy atom. The summed E-state index contributed by atoms with van der Waals surface area (Å²) in [6.45, 7) is 11.2. The van der Waals surface area contributed by atoms with Gasteiger partial charge in [-0.05, 0) is 36.5 Å². The molecule has 0 aromatic heterocycles. The first-order valence-electron chi connectivity index (χ1n) is 6.50. The maximum Gasteiger partial charge on any atom is 0.192 e. The highest BCUT2D eigenvalue weighted by atomic mass is 28.4. The summed E-state index contributed by atoms with van der Waals surface area (Å²) in [6.07, 6.45) is 4.50. The molecule has 0 aliphatic heterocycles. The Morgan fingerprint density at radius 2 is 1.82 bits per heavy atom. The first kappa shape index (κ1) is 14.5. The van der Waals surface area contributed by atoms with E-state index in [-0.39, 0.29) is 17.2 Å². The lowest BCUT2D eigenvalue weighted by Crippen LogP contribution is -2.47. The van der Waals surface area contributed by atoms with Gasteiger partial charge in [-0.25, -0.2) is 0 Å². The molecular formula is C12H25N3OSi. The largest absolute Gasteiger partial charge is 0.414 e. The van der Waals surface area contributed by atoms with Gasteiger partial charge in [-0.3, -0.25) is 0 Å². The van der Waals surface area contributed by atoms with Crippen LogP contribution < -0.4 is 0 Å². The van der Waals surface area contributed by atoms with Crippen LogP contribution in [-0.2, 0) is 4.43 Å². The fourth-order valence-corrected chi connectivity index (χ4v) is 3.35. The monoisotopic (exact) mass is 255 g/mol. The molecule has 0 saturated heterocycles. The van der Waals surface area contributed by atoms with Crippen molar-refractivity contribution in [2.45, 2.75) is 76.7 Å². The van der Waals surface area contributed by atoms with E-state index in [0.29, 0.717) is 0 Å². The lowest BCUT2D eigenvalue weighted by atomic mass is 9.93. The van der Waals surface area contributed by atoms with Crippen molar-refractivity contribution in [2.75, 3.05) is 0 Å². The molecule has 4 nitrogen and oxygen atoms in total. The zero-order valence-corrected chi connectivity index (χ0v) is 12.7. The Balaban J connectivity index is 2.74. The average molecular weight is 255 g/mol. The summed E-state index contributed by atoms with van der Waals surface area (Å²) in [6, 6.07) is 0.0443. The molecule has 0 bridgehead atoms. The van der Waals surface area contributed by atoms with Crippen LogP contribution >= 0.6 is 0 Å². The summed E-state index contributed by atoms with van der Waals surface area (Å²) in [4.78, 5) is 2.96. The van der Waals surface area contributed by atoms with Gasteiger partial charge in [0, 0.05) is 4.91 Å². The molecule has 1 aliphatic rings. The molecule has 98 valence electrons. The lowest BCUT2D eigenvalue weighted by molar-refractivity contribution is 0.117. The van der Waals surface area contributed by atoms with Crippen molar-refractivity contribution in [3.8, 4) is 0 Å². The van der Waals surface area contributed by atoms with E-state index in [9.17, 15) is 0 Å². The van der Waals surface area contributed by atoms with E-state index in [1.807, 2.05) is 0 Å². The summed E-state index contributed by atoms with van der Waals surface area (Å²) in [5.74, 6) is 0. The van der Waals surface area contributed by atoms with Crippen LogP contribution in [0.25, 0.3) is 10.4 Å². The number of rotatable bonds is 3. The summed E-state index contributed by atoms with van der Waals surface area (Å²) < 4.78 is 6.38. The van der Waals surface area contributed by atoms with Crippen LogP contribution in [0.4, 0.5) is 0 Å². The number of hydrogen-bond donors (Lipinski definition) is 0.